The summed E-state index contributed by atoms with van der Waals surface area (Å²) in [6.45, 7) is 1.06. The van der Waals surface area contributed by atoms with Crippen molar-refractivity contribution in [1.29, 1.82) is 0 Å². The van der Waals surface area contributed by atoms with Gasteiger partial charge < -0.3 is 20.6 Å². The number of nitrogens with zero attached hydrogens (tertiary/aromatic N) is 3. The SMILES string of the molecule is CN(C)CCNC(=O)c1cccc(S(=O)(=O)Nc2nc3ccccc3nc2Nc2cc(O)ccc2Cl)c1. The first-order valence-corrected chi connectivity index (χ1v) is 13.1. The number of para-hydroxylation sites is 2. The summed E-state index contributed by atoms with van der Waals surface area (Å²) in [7, 11) is -0.394. The van der Waals surface area contributed by atoms with Gasteiger partial charge in [-0.3, -0.25) is 9.52 Å². The van der Waals surface area contributed by atoms with E-state index in [2.05, 4.69) is 25.3 Å². The van der Waals surface area contributed by atoms with E-state index in [1.165, 1.54) is 42.5 Å². The van der Waals surface area contributed by atoms with Gasteiger partial charge in [0.05, 0.1) is 26.6 Å². The minimum absolute atomic E-state index is 0.0385. The van der Waals surface area contributed by atoms with Crippen molar-refractivity contribution in [2.45, 2.75) is 4.90 Å². The summed E-state index contributed by atoms with van der Waals surface area (Å²) < 4.78 is 29.1. The minimum Gasteiger partial charge on any atom is -0.508 e. The average molecular weight is 541 g/mol. The Bertz CT molecular complexity index is 1560. The number of nitrogens with one attached hydrogen (secondary N) is 3. The molecule has 4 aromatic rings. The highest BCUT2D eigenvalue weighted by atomic mass is 35.5. The van der Waals surface area contributed by atoms with Crippen LogP contribution in [0.1, 0.15) is 10.4 Å². The number of hydrogen-bond donors (Lipinski definition) is 4. The van der Waals surface area contributed by atoms with Crippen LogP contribution in [0.4, 0.5) is 17.3 Å². The molecule has 192 valence electrons. The molecule has 0 bridgehead atoms. The molecular weight excluding hydrogens is 516 g/mol. The zero-order chi connectivity index (χ0) is 26.6. The second kappa shape index (κ2) is 11.0. The highest BCUT2D eigenvalue weighted by Gasteiger charge is 2.21. The summed E-state index contributed by atoms with van der Waals surface area (Å²) >= 11 is 6.25. The number of carbonyl (C=O) groups is 1. The summed E-state index contributed by atoms with van der Waals surface area (Å²) in [5.41, 5.74) is 1.49. The van der Waals surface area contributed by atoms with Gasteiger partial charge in [0.2, 0.25) is 0 Å². The van der Waals surface area contributed by atoms with Gasteiger partial charge in [-0.15, -0.1) is 0 Å². The molecule has 0 radical (unpaired) electrons. The lowest BCUT2D eigenvalue weighted by Crippen LogP contribution is -2.31. The molecule has 0 aliphatic heterocycles. The molecule has 4 N–H and O–H groups in total. The fourth-order valence-electron chi connectivity index (χ4n) is 3.38. The van der Waals surface area contributed by atoms with Crippen LogP contribution in [0.5, 0.6) is 5.75 Å². The van der Waals surface area contributed by atoms with Crippen LogP contribution in [-0.2, 0) is 10.0 Å². The Morgan fingerprint density at radius 1 is 0.973 bits per heavy atom. The number of sulfonamides is 1. The van der Waals surface area contributed by atoms with Crippen molar-refractivity contribution in [3.05, 3.63) is 77.3 Å². The van der Waals surface area contributed by atoms with E-state index >= 15 is 0 Å². The predicted molar refractivity (Wildman–Crippen MR) is 144 cm³/mol. The second-order valence-corrected chi connectivity index (χ2v) is 10.5. The maximum absolute atomic E-state index is 13.3. The third-order valence-corrected chi connectivity index (χ3v) is 6.92. The number of fused-ring (bicyclic) bond motifs is 1. The number of aromatic nitrogens is 2. The molecule has 1 aromatic heterocycles. The Morgan fingerprint density at radius 2 is 1.68 bits per heavy atom. The second-order valence-electron chi connectivity index (χ2n) is 8.39. The van der Waals surface area contributed by atoms with E-state index < -0.39 is 10.0 Å². The monoisotopic (exact) mass is 540 g/mol. The van der Waals surface area contributed by atoms with E-state index in [9.17, 15) is 18.3 Å². The Kier molecular flexibility index (Phi) is 7.77. The van der Waals surface area contributed by atoms with Gasteiger partial charge in [-0.25, -0.2) is 18.4 Å². The molecule has 0 spiro atoms. The molecule has 0 aliphatic rings. The number of halogens is 1. The lowest BCUT2D eigenvalue weighted by molar-refractivity contribution is 0.0951. The highest BCUT2D eigenvalue weighted by molar-refractivity contribution is 7.92. The molecule has 1 heterocycles. The summed E-state index contributed by atoms with van der Waals surface area (Å²) in [4.78, 5) is 23.3. The van der Waals surface area contributed by atoms with Crippen LogP contribution in [0.2, 0.25) is 5.02 Å². The summed E-state index contributed by atoms with van der Waals surface area (Å²) in [5.74, 6) is -0.431. The summed E-state index contributed by atoms with van der Waals surface area (Å²) in [6, 6.07) is 17.0. The first-order chi connectivity index (χ1) is 17.6. The molecule has 0 saturated heterocycles. The van der Waals surface area contributed by atoms with Crippen LogP contribution >= 0.6 is 11.6 Å². The maximum Gasteiger partial charge on any atom is 0.263 e. The van der Waals surface area contributed by atoms with Gasteiger partial charge in [0.15, 0.2) is 11.6 Å². The van der Waals surface area contributed by atoms with E-state index in [-0.39, 0.29) is 38.8 Å². The fraction of sp³-hybridized carbons (Fsp3) is 0.160. The molecule has 1 amide bonds. The molecule has 0 saturated carbocycles. The van der Waals surface area contributed by atoms with Crippen LogP contribution in [0.25, 0.3) is 11.0 Å². The van der Waals surface area contributed by atoms with Gasteiger partial charge in [-0.1, -0.05) is 29.8 Å². The van der Waals surface area contributed by atoms with Crippen molar-refractivity contribution in [2.75, 3.05) is 37.2 Å². The number of carbonyl (C=O) groups excluding carboxylic acids is 1. The van der Waals surface area contributed by atoms with Crippen LogP contribution in [0.3, 0.4) is 0 Å². The first kappa shape index (κ1) is 26.1. The van der Waals surface area contributed by atoms with Crippen molar-refractivity contribution in [1.82, 2.24) is 20.2 Å². The van der Waals surface area contributed by atoms with Gasteiger partial charge in [0, 0.05) is 24.7 Å². The minimum atomic E-state index is -4.17. The lowest BCUT2D eigenvalue weighted by Gasteiger charge is -2.15. The number of phenols is 1. The zero-order valence-electron chi connectivity index (χ0n) is 20.1. The van der Waals surface area contributed by atoms with Crippen LogP contribution in [-0.4, -0.2) is 61.5 Å². The molecule has 12 heteroatoms. The highest BCUT2D eigenvalue weighted by Crippen LogP contribution is 2.32. The molecular formula is C25H25ClN6O4S. The van der Waals surface area contributed by atoms with Crippen LogP contribution < -0.4 is 15.4 Å². The third-order valence-electron chi connectivity index (χ3n) is 5.26. The molecule has 3 aromatic carbocycles. The number of hydrogen-bond acceptors (Lipinski definition) is 8. The molecule has 37 heavy (non-hydrogen) atoms. The van der Waals surface area contributed by atoms with Crippen LogP contribution in [0.15, 0.2) is 71.6 Å². The van der Waals surface area contributed by atoms with Crippen LogP contribution in [0, 0.1) is 0 Å². The standard InChI is InChI=1S/C25H25ClN6O4S/c1-32(2)13-12-27-25(34)16-6-5-7-18(14-16)37(35,36)31-24-23(28-20-8-3-4-9-21(20)29-24)30-22-15-17(33)10-11-19(22)26/h3-11,14-15,33H,12-13H2,1-2H3,(H,27,34)(H,28,30)(H,29,31). The maximum atomic E-state index is 13.3. The molecule has 0 fully saturated rings. The van der Waals surface area contributed by atoms with E-state index in [1.807, 2.05) is 19.0 Å². The number of likely N-dealkylation sites (N-methyl/N-ethyl adjacent to an activating group) is 1. The topological polar surface area (TPSA) is 137 Å². The van der Waals surface area contributed by atoms with Crippen molar-refractivity contribution < 1.29 is 18.3 Å². The average Bonchev–Trinajstić information content (AvgIpc) is 2.86. The summed E-state index contributed by atoms with van der Waals surface area (Å²) in [6.07, 6.45) is 0. The molecule has 0 atom stereocenters. The normalized spacial score (nSPS) is 11.5. The third kappa shape index (κ3) is 6.45. The predicted octanol–water partition coefficient (Wildman–Crippen LogP) is 3.82. The largest absolute Gasteiger partial charge is 0.508 e. The van der Waals surface area contributed by atoms with Crippen molar-refractivity contribution >= 4 is 55.9 Å². The Hall–Kier alpha value is -3.93. The molecule has 10 nitrogen and oxygen atoms in total. The van der Waals surface area contributed by atoms with Gasteiger partial charge in [-0.2, -0.15) is 0 Å². The molecule has 0 aliphatic carbocycles. The smallest absolute Gasteiger partial charge is 0.263 e. The Balaban J connectivity index is 1.67. The van der Waals surface area contributed by atoms with Crippen molar-refractivity contribution in [3.8, 4) is 5.75 Å². The van der Waals surface area contributed by atoms with Gasteiger partial charge in [0.25, 0.3) is 15.9 Å². The van der Waals surface area contributed by atoms with E-state index in [0.29, 0.717) is 29.8 Å². The number of phenolic OH excluding ortho intramolecular Hbond substituents is 1. The van der Waals surface area contributed by atoms with E-state index in [1.54, 1.807) is 24.3 Å². The van der Waals surface area contributed by atoms with Crippen molar-refractivity contribution in [2.24, 2.45) is 0 Å². The number of anilines is 3. The number of aromatic hydroxyl groups is 1. The Morgan fingerprint density at radius 3 is 2.38 bits per heavy atom. The van der Waals surface area contributed by atoms with E-state index in [4.69, 9.17) is 11.6 Å². The zero-order valence-corrected chi connectivity index (χ0v) is 21.6. The fourth-order valence-corrected chi connectivity index (χ4v) is 4.60. The quantitative estimate of drug-likeness (QED) is 0.251. The van der Waals surface area contributed by atoms with Crippen molar-refractivity contribution in [3.63, 3.8) is 0 Å². The van der Waals surface area contributed by atoms with Gasteiger partial charge in [-0.05, 0) is 56.6 Å². The molecule has 0 unspecified atom stereocenters. The number of rotatable bonds is 9. The Labute approximate surface area is 219 Å². The van der Waals surface area contributed by atoms with Gasteiger partial charge in [0.1, 0.15) is 5.75 Å². The number of benzene rings is 3. The summed E-state index contributed by atoms with van der Waals surface area (Å²) in [5, 5.41) is 15.9. The number of amides is 1. The van der Waals surface area contributed by atoms with E-state index in [0.717, 1.165) is 0 Å². The van der Waals surface area contributed by atoms with Gasteiger partial charge >= 0.3 is 0 Å². The first-order valence-electron chi connectivity index (χ1n) is 11.2. The lowest BCUT2D eigenvalue weighted by atomic mass is 10.2. The molecule has 4 rings (SSSR count).